The van der Waals surface area contributed by atoms with Gasteiger partial charge in [0.2, 0.25) is 0 Å². The minimum absolute atomic E-state index is 0.173. The maximum absolute atomic E-state index is 12.7. The molecule has 0 aliphatic rings. The molecule has 6 nitrogen and oxygen atoms in total. The second-order valence-electron chi connectivity index (χ2n) is 6.81. The minimum atomic E-state index is -0.629. The van der Waals surface area contributed by atoms with Gasteiger partial charge in [0.05, 0.1) is 18.1 Å². The van der Waals surface area contributed by atoms with Crippen molar-refractivity contribution >= 4 is 17.6 Å². The van der Waals surface area contributed by atoms with Crippen molar-refractivity contribution in [3.05, 3.63) is 90.0 Å². The van der Waals surface area contributed by atoms with Crippen molar-refractivity contribution in [3.63, 3.8) is 0 Å². The van der Waals surface area contributed by atoms with E-state index in [1.165, 1.54) is 4.90 Å². The molecule has 0 heterocycles. The van der Waals surface area contributed by atoms with E-state index in [-0.39, 0.29) is 18.5 Å². The number of nitrogens with zero attached hydrogens (tertiary/aromatic N) is 2. The van der Waals surface area contributed by atoms with Crippen LogP contribution in [0.5, 0.6) is 11.5 Å². The third kappa shape index (κ3) is 6.18. The van der Waals surface area contributed by atoms with Crippen LogP contribution in [0.1, 0.15) is 22.3 Å². The summed E-state index contributed by atoms with van der Waals surface area (Å²) in [5.74, 6) is 0.108. The molecule has 1 amide bonds. The standard InChI is InChI=1S/C25H22N2O4/c1-19-11-13-21(14-12-19)27(16-6-15-26)24(28)18-30-25(29)20-7-5-10-23(17-20)31-22-8-3-2-4-9-22/h2-5,7-14,17H,6,16,18H2,1H3. The molecule has 0 N–H and O–H groups in total. The average molecular weight is 414 g/mol. The smallest absolute Gasteiger partial charge is 0.338 e. The molecule has 156 valence electrons. The Balaban J connectivity index is 1.64. The van der Waals surface area contributed by atoms with E-state index in [1.54, 1.807) is 36.4 Å². The molecule has 0 aliphatic carbocycles. The number of esters is 1. The van der Waals surface area contributed by atoms with Gasteiger partial charge in [0, 0.05) is 12.2 Å². The first-order valence-electron chi connectivity index (χ1n) is 9.81. The summed E-state index contributed by atoms with van der Waals surface area (Å²) >= 11 is 0. The number of rotatable bonds is 8. The molecule has 0 atom stereocenters. The summed E-state index contributed by atoms with van der Waals surface area (Å²) in [4.78, 5) is 26.6. The Morgan fingerprint density at radius 1 is 0.935 bits per heavy atom. The number of benzene rings is 3. The van der Waals surface area contributed by atoms with Gasteiger partial charge in [0.1, 0.15) is 11.5 Å². The van der Waals surface area contributed by atoms with Crippen molar-refractivity contribution in [3.8, 4) is 17.6 Å². The Hall–Kier alpha value is -4.11. The molecular formula is C25H22N2O4. The van der Waals surface area contributed by atoms with E-state index in [4.69, 9.17) is 14.7 Å². The van der Waals surface area contributed by atoms with E-state index in [0.717, 1.165) is 5.56 Å². The van der Waals surface area contributed by atoms with E-state index in [1.807, 2.05) is 55.5 Å². The number of anilines is 1. The van der Waals surface area contributed by atoms with Crippen molar-refractivity contribution in [1.82, 2.24) is 0 Å². The molecule has 0 radical (unpaired) electrons. The summed E-state index contributed by atoms with van der Waals surface area (Å²) in [7, 11) is 0. The molecule has 0 unspecified atom stereocenters. The van der Waals surface area contributed by atoms with Crippen LogP contribution in [0.3, 0.4) is 0 Å². The van der Waals surface area contributed by atoms with Crippen LogP contribution in [0.15, 0.2) is 78.9 Å². The van der Waals surface area contributed by atoms with Gasteiger partial charge in [0.15, 0.2) is 6.61 Å². The Kier molecular flexibility index (Phi) is 7.39. The van der Waals surface area contributed by atoms with Gasteiger partial charge >= 0.3 is 5.97 Å². The molecular weight excluding hydrogens is 392 g/mol. The Morgan fingerprint density at radius 2 is 1.65 bits per heavy atom. The molecule has 0 aliphatic heterocycles. The van der Waals surface area contributed by atoms with Crippen LogP contribution in [0.4, 0.5) is 5.69 Å². The number of hydrogen-bond acceptors (Lipinski definition) is 5. The molecule has 0 spiro atoms. The number of aryl methyl sites for hydroxylation is 1. The summed E-state index contributed by atoms with van der Waals surface area (Å²) < 4.78 is 11.0. The summed E-state index contributed by atoms with van der Waals surface area (Å²) in [6.07, 6.45) is 0.173. The lowest BCUT2D eigenvalue weighted by atomic mass is 10.2. The molecule has 3 rings (SSSR count). The largest absolute Gasteiger partial charge is 0.457 e. The highest BCUT2D eigenvalue weighted by molar-refractivity contribution is 5.97. The van der Waals surface area contributed by atoms with Crippen LogP contribution < -0.4 is 9.64 Å². The second-order valence-corrected chi connectivity index (χ2v) is 6.81. The molecule has 0 bridgehead atoms. The molecule has 6 heteroatoms. The molecule has 3 aromatic rings. The highest BCUT2D eigenvalue weighted by Crippen LogP contribution is 2.22. The van der Waals surface area contributed by atoms with Crippen molar-refractivity contribution in [2.75, 3.05) is 18.1 Å². The predicted octanol–water partition coefficient (Wildman–Crippen LogP) is 4.89. The SMILES string of the molecule is Cc1ccc(N(CCC#N)C(=O)COC(=O)c2cccc(Oc3ccccc3)c2)cc1. The van der Waals surface area contributed by atoms with E-state index in [0.29, 0.717) is 17.2 Å². The van der Waals surface area contributed by atoms with Gasteiger partial charge in [-0.05, 0) is 49.4 Å². The third-order valence-corrected chi connectivity index (χ3v) is 4.47. The molecule has 0 fully saturated rings. The quantitative estimate of drug-likeness (QED) is 0.490. The first kappa shape index (κ1) is 21.6. The first-order chi connectivity index (χ1) is 15.1. The van der Waals surface area contributed by atoms with Crippen LogP contribution in [-0.4, -0.2) is 25.0 Å². The predicted molar refractivity (Wildman–Crippen MR) is 117 cm³/mol. The lowest BCUT2D eigenvalue weighted by molar-refractivity contribution is -0.121. The van der Waals surface area contributed by atoms with Gasteiger partial charge < -0.3 is 14.4 Å². The fraction of sp³-hybridized carbons (Fsp3) is 0.160. The summed E-state index contributed by atoms with van der Waals surface area (Å²) in [5.41, 5.74) is 1.99. The molecule has 0 aromatic heterocycles. The number of ether oxygens (including phenoxy) is 2. The van der Waals surface area contributed by atoms with Crippen LogP contribution >= 0.6 is 0 Å². The van der Waals surface area contributed by atoms with Gasteiger partial charge in [-0.3, -0.25) is 4.79 Å². The Bertz CT molecular complexity index is 1070. The summed E-state index contributed by atoms with van der Waals surface area (Å²) in [6, 6.07) is 25.2. The number of para-hydroxylation sites is 1. The summed E-state index contributed by atoms with van der Waals surface area (Å²) in [5, 5.41) is 8.90. The number of carbonyl (C=O) groups is 2. The van der Waals surface area contributed by atoms with Crippen LogP contribution in [0.25, 0.3) is 0 Å². The normalized spacial score (nSPS) is 10.1. The maximum atomic E-state index is 12.7. The van der Waals surface area contributed by atoms with E-state index >= 15 is 0 Å². The Morgan fingerprint density at radius 3 is 2.35 bits per heavy atom. The van der Waals surface area contributed by atoms with Gasteiger partial charge in [-0.15, -0.1) is 0 Å². The van der Waals surface area contributed by atoms with Crippen molar-refractivity contribution in [1.29, 1.82) is 5.26 Å². The van der Waals surface area contributed by atoms with Crippen molar-refractivity contribution in [2.45, 2.75) is 13.3 Å². The third-order valence-electron chi connectivity index (χ3n) is 4.47. The Labute approximate surface area is 181 Å². The van der Waals surface area contributed by atoms with Crippen LogP contribution in [-0.2, 0) is 9.53 Å². The highest BCUT2D eigenvalue weighted by Gasteiger charge is 2.18. The first-order valence-corrected chi connectivity index (χ1v) is 9.81. The zero-order valence-electron chi connectivity index (χ0n) is 17.2. The number of hydrogen-bond donors (Lipinski definition) is 0. The number of amides is 1. The zero-order valence-corrected chi connectivity index (χ0v) is 17.2. The van der Waals surface area contributed by atoms with Crippen molar-refractivity contribution < 1.29 is 19.1 Å². The fourth-order valence-electron chi connectivity index (χ4n) is 2.88. The molecule has 3 aromatic carbocycles. The molecule has 0 saturated heterocycles. The minimum Gasteiger partial charge on any atom is -0.457 e. The van der Waals surface area contributed by atoms with Crippen LogP contribution in [0.2, 0.25) is 0 Å². The molecule has 0 saturated carbocycles. The fourth-order valence-corrected chi connectivity index (χ4v) is 2.88. The topological polar surface area (TPSA) is 79.6 Å². The lowest BCUT2D eigenvalue weighted by Gasteiger charge is -2.21. The van der Waals surface area contributed by atoms with Gasteiger partial charge in [-0.25, -0.2) is 4.79 Å². The summed E-state index contributed by atoms with van der Waals surface area (Å²) in [6.45, 7) is 1.74. The number of nitriles is 1. The van der Waals surface area contributed by atoms with Crippen LogP contribution in [0, 0.1) is 18.3 Å². The maximum Gasteiger partial charge on any atom is 0.338 e. The zero-order chi connectivity index (χ0) is 22.1. The molecule has 31 heavy (non-hydrogen) atoms. The van der Waals surface area contributed by atoms with Crippen molar-refractivity contribution in [2.24, 2.45) is 0 Å². The average Bonchev–Trinajstić information content (AvgIpc) is 2.79. The monoisotopic (exact) mass is 414 g/mol. The van der Waals surface area contributed by atoms with E-state index in [9.17, 15) is 9.59 Å². The van der Waals surface area contributed by atoms with E-state index < -0.39 is 18.5 Å². The van der Waals surface area contributed by atoms with Gasteiger partial charge in [-0.2, -0.15) is 5.26 Å². The van der Waals surface area contributed by atoms with Gasteiger partial charge in [-0.1, -0.05) is 42.0 Å². The number of carbonyl (C=O) groups excluding carboxylic acids is 2. The lowest BCUT2D eigenvalue weighted by Crippen LogP contribution is -2.35. The second kappa shape index (κ2) is 10.6. The highest BCUT2D eigenvalue weighted by atomic mass is 16.5. The van der Waals surface area contributed by atoms with E-state index in [2.05, 4.69) is 0 Å². The van der Waals surface area contributed by atoms with Gasteiger partial charge in [0.25, 0.3) is 5.91 Å².